The zero-order valence-corrected chi connectivity index (χ0v) is 26.1. The molecule has 0 aromatic carbocycles. The van der Waals surface area contributed by atoms with E-state index in [4.69, 9.17) is 18.9 Å². The Morgan fingerprint density at radius 2 is 1.36 bits per heavy atom. The van der Waals surface area contributed by atoms with E-state index < -0.39 is 36.5 Å². The average molecular weight is 640 g/mol. The fraction of sp³-hybridized carbons (Fsp3) is 0.690. The lowest BCUT2D eigenvalue weighted by Gasteiger charge is -2.36. The number of hydrogen-bond donors (Lipinski definition) is 1. The number of carbonyl (C=O) groups is 4. The number of ether oxygens (including phenoxy) is 4. The van der Waals surface area contributed by atoms with Gasteiger partial charge in [-0.05, 0) is 12.5 Å². The van der Waals surface area contributed by atoms with Gasteiger partial charge in [0.2, 0.25) is 5.88 Å². The van der Waals surface area contributed by atoms with E-state index in [0.29, 0.717) is 44.5 Å². The normalized spacial score (nSPS) is 17.1. The largest absolute Gasteiger partial charge is 0.549 e. The van der Waals surface area contributed by atoms with Crippen LogP contribution in [0.3, 0.4) is 0 Å². The number of pyridine rings is 1. The van der Waals surface area contributed by atoms with Gasteiger partial charge in [0.1, 0.15) is 12.6 Å². The number of methoxy groups -OCH3 is 1. The van der Waals surface area contributed by atoms with Crippen molar-refractivity contribution in [2.45, 2.75) is 19.4 Å². The number of rotatable bonds is 18. The molecule has 1 atom stereocenters. The molecule has 1 fully saturated rings. The molecular formula is C29H45N5O11-2. The second kappa shape index (κ2) is 21.3. The minimum absolute atomic E-state index is 0.0685. The van der Waals surface area contributed by atoms with Crippen molar-refractivity contribution in [3.05, 3.63) is 23.9 Å². The number of hydrogen-bond acceptors (Lipinski definition) is 15. The van der Waals surface area contributed by atoms with Crippen LogP contribution in [-0.2, 0) is 39.8 Å². The molecule has 0 spiro atoms. The van der Waals surface area contributed by atoms with Crippen molar-refractivity contribution in [2.24, 2.45) is 0 Å². The van der Waals surface area contributed by atoms with Crippen LogP contribution in [0.1, 0.15) is 12.5 Å². The molecule has 0 amide bonds. The maximum absolute atomic E-state index is 12.5. The van der Waals surface area contributed by atoms with Crippen molar-refractivity contribution in [1.29, 1.82) is 0 Å². The molecule has 2 rings (SSSR count). The summed E-state index contributed by atoms with van der Waals surface area (Å²) in [5, 5.41) is 33.0. The smallest absolute Gasteiger partial charge is 0.321 e. The Kier molecular flexibility index (Phi) is 17.9. The maximum atomic E-state index is 12.5. The summed E-state index contributed by atoms with van der Waals surface area (Å²) in [5.74, 6) is -3.77. The van der Waals surface area contributed by atoms with E-state index in [2.05, 4.69) is 4.98 Å². The van der Waals surface area contributed by atoms with Crippen LogP contribution in [0, 0.1) is 0 Å². The molecule has 1 unspecified atom stereocenters. The van der Waals surface area contributed by atoms with Gasteiger partial charge in [0.25, 0.3) is 0 Å². The Hall–Kier alpha value is -3.41. The Labute approximate surface area is 263 Å². The van der Waals surface area contributed by atoms with Gasteiger partial charge in [-0.2, -0.15) is 0 Å². The lowest BCUT2D eigenvalue weighted by Crippen LogP contribution is -2.53. The molecule has 0 aliphatic carbocycles. The van der Waals surface area contributed by atoms with Gasteiger partial charge in [0, 0.05) is 90.7 Å². The lowest BCUT2D eigenvalue weighted by atomic mass is 10.1. The van der Waals surface area contributed by atoms with Crippen LogP contribution in [0.2, 0.25) is 0 Å². The minimum atomic E-state index is -1.30. The molecule has 1 N–H and O–H groups in total. The molecule has 1 saturated heterocycles. The summed E-state index contributed by atoms with van der Waals surface area (Å²) in [5.41, 5.74) is 0.657. The van der Waals surface area contributed by atoms with Gasteiger partial charge in [-0.3, -0.25) is 29.2 Å². The number of nitrogens with zero attached hydrogens (tertiary/aromatic N) is 5. The van der Waals surface area contributed by atoms with Gasteiger partial charge < -0.3 is 43.9 Å². The summed E-state index contributed by atoms with van der Waals surface area (Å²) < 4.78 is 21.0. The van der Waals surface area contributed by atoms with E-state index in [0.717, 1.165) is 0 Å². The van der Waals surface area contributed by atoms with Gasteiger partial charge in [-0.1, -0.05) is 6.07 Å². The Morgan fingerprint density at radius 3 is 1.84 bits per heavy atom. The quantitative estimate of drug-likeness (QED) is 0.122. The first-order valence-corrected chi connectivity index (χ1v) is 14.9. The van der Waals surface area contributed by atoms with Crippen LogP contribution in [0.4, 0.5) is 0 Å². The maximum Gasteiger partial charge on any atom is 0.321 e. The third-order valence-corrected chi connectivity index (χ3v) is 7.16. The van der Waals surface area contributed by atoms with Gasteiger partial charge >= 0.3 is 11.9 Å². The van der Waals surface area contributed by atoms with E-state index in [1.807, 2.05) is 6.92 Å². The van der Waals surface area contributed by atoms with E-state index in [-0.39, 0.29) is 71.9 Å². The molecule has 16 heteroatoms. The van der Waals surface area contributed by atoms with Crippen LogP contribution in [-0.4, -0.2) is 172 Å². The third kappa shape index (κ3) is 15.9. The third-order valence-electron chi connectivity index (χ3n) is 7.16. The number of aromatic nitrogens is 1. The van der Waals surface area contributed by atoms with E-state index >= 15 is 0 Å². The first-order chi connectivity index (χ1) is 21.6. The summed E-state index contributed by atoms with van der Waals surface area (Å²) in [6.07, 6.45) is 1.66. The second-order valence-corrected chi connectivity index (χ2v) is 10.4. The number of esters is 1. The molecule has 1 aliphatic rings. The predicted molar refractivity (Wildman–Crippen MR) is 155 cm³/mol. The summed E-state index contributed by atoms with van der Waals surface area (Å²) >= 11 is 0. The minimum Gasteiger partial charge on any atom is -0.549 e. The van der Waals surface area contributed by atoms with Crippen molar-refractivity contribution in [1.82, 2.24) is 24.6 Å². The fourth-order valence-electron chi connectivity index (χ4n) is 4.73. The van der Waals surface area contributed by atoms with Crippen molar-refractivity contribution in [3.63, 3.8) is 0 Å². The molecule has 1 aromatic heterocycles. The molecule has 254 valence electrons. The first kappa shape index (κ1) is 37.8. The Balaban J connectivity index is 2.15. The second-order valence-electron chi connectivity index (χ2n) is 10.4. The van der Waals surface area contributed by atoms with E-state index in [1.54, 1.807) is 37.9 Å². The summed E-state index contributed by atoms with van der Waals surface area (Å²) in [6, 6.07) is 2.41. The molecule has 1 aliphatic heterocycles. The zero-order chi connectivity index (χ0) is 33.0. The topological polar surface area (TPSA) is 197 Å². The summed E-state index contributed by atoms with van der Waals surface area (Å²) in [6.45, 7) is 5.16. The molecule has 0 radical (unpaired) electrons. The SMILES string of the molecule is CCOCCOCCOc1ccc(CC(C(=O)O)N2CCN(CC(=O)[O-])CCN(CC(=O)[O-])CCN(CC(=O)OC)CC2)cn1. The fourth-order valence-corrected chi connectivity index (χ4v) is 4.73. The molecule has 16 nitrogen and oxygen atoms in total. The van der Waals surface area contributed by atoms with Crippen LogP contribution in [0.25, 0.3) is 0 Å². The van der Waals surface area contributed by atoms with Crippen molar-refractivity contribution < 1.29 is 53.4 Å². The average Bonchev–Trinajstić information content (AvgIpc) is 2.99. The highest BCUT2D eigenvalue weighted by Crippen LogP contribution is 2.14. The van der Waals surface area contributed by atoms with E-state index in [9.17, 15) is 34.5 Å². The molecular weight excluding hydrogens is 594 g/mol. The van der Waals surface area contributed by atoms with Crippen molar-refractivity contribution >= 4 is 23.9 Å². The molecule has 0 saturated carbocycles. The van der Waals surface area contributed by atoms with Gasteiger partial charge in [-0.25, -0.2) is 4.98 Å². The molecule has 45 heavy (non-hydrogen) atoms. The number of aliphatic carboxylic acids is 3. The number of carbonyl (C=O) groups excluding carboxylic acids is 3. The highest BCUT2D eigenvalue weighted by molar-refractivity contribution is 5.74. The van der Waals surface area contributed by atoms with Crippen LogP contribution < -0.4 is 14.9 Å². The summed E-state index contributed by atoms with van der Waals surface area (Å²) in [7, 11) is 1.27. The highest BCUT2D eigenvalue weighted by atomic mass is 16.5. The number of carboxylic acid groups (broad SMARTS) is 3. The van der Waals surface area contributed by atoms with Gasteiger partial charge in [0.15, 0.2) is 0 Å². The van der Waals surface area contributed by atoms with E-state index in [1.165, 1.54) is 7.11 Å². The lowest BCUT2D eigenvalue weighted by molar-refractivity contribution is -0.308. The Morgan fingerprint density at radius 1 is 0.822 bits per heavy atom. The van der Waals surface area contributed by atoms with Crippen molar-refractivity contribution in [3.8, 4) is 5.88 Å². The van der Waals surface area contributed by atoms with Crippen LogP contribution >= 0.6 is 0 Å². The zero-order valence-electron chi connectivity index (χ0n) is 26.1. The highest BCUT2D eigenvalue weighted by Gasteiger charge is 2.28. The molecule has 2 heterocycles. The monoisotopic (exact) mass is 639 g/mol. The van der Waals surface area contributed by atoms with Crippen molar-refractivity contribution in [2.75, 3.05) is 112 Å². The van der Waals surface area contributed by atoms with Crippen LogP contribution in [0.15, 0.2) is 18.3 Å². The number of carboxylic acids is 3. The summed E-state index contributed by atoms with van der Waals surface area (Å²) in [4.78, 5) is 58.4. The Bertz CT molecular complexity index is 1050. The first-order valence-electron chi connectivity index (χ1n) is 14.9. The van der Waals surface area contributed by atoms with Gasteiger partial charge in [0.05, 0.1) is 45.4 Å². The van der Waals surface area contributed by atoms with Gasteiger partial charge in [-0.15, -0.1) is 0 Å². The van der Waals surface area contributed by atoms with Crippen LogP contribution in [0.5, 0.6) is 5.88 Å². The molecule has 1 aromatic rings. The predicted octanol–water partition coefficient (Wildman–Crippen LogP) is -3.60. The standard InChI is InChI=1S/C29H47N5O11/c1-3-43-14-15-44-16-17-45-25-5-4-23(19-30-25)18-24(29(40)41)34-12-10-32(21-27(37)38)7-6-31(20-26(35)36)8-9-33(11-13-34)22-28(39)42-2/h4-5,19,24H,3,6-18,20-22H2,1-2H3,(H,35,36)(H,37,38)(H,40,41)/p-2. The molecule has 0 bridgehead atoms.